The first-order chi connectivity index (χ1) is 18.6. The van der Waals surface area contributed by atoms with E-state index in [9.17, 15) is 22.0 Å². The molecule has 0 amide bonds. The van der Waals surface area contributed by atoms with E-state index in [-0.39, 0.29) is 0 Å². The molecule has 202 valence electrons. The zero-order valence-electron chi connectivity index (χ0n) is 19.9. The summed E-state index contributed by atoms with van der Waals surface area (Å²) in [6, 6.07) is 17.4. The number of ether oxygens (including phenoxy) is 1. The number of aromatic nitrogens is 4. The lowest BCUT2D eigenvalue weighted by Gasteiger charge is -2.20. The average Bonchev–Trinajstić information content (AvgIpc) is 3.40. The highest BCUT2D eigenvalue weighted by Crippen LogP contribution is 2.37. The number of rotatable bonds is 9. The summed E-state index contributed by atoms with van der Waals surface area (Å²) < 4.78 is 68.2. The van der Waals surface area contributed by atoms with Crippen LogP contribution in [0.4, 0.5) is 22.0 Å². The molecule has 39 heavy (non-hydrogen) atoms. The van der Waals surface area contributed by atoms with Crippen LogP contribution in [0.2, 0.25) is 0 Å². The number of thiocarbonyl (C=S) groups is 1. The molecule has 0 fully saturated rings. The minimum Gasteiger partial charge on any atom is -0.426 e. The number of hydrogen-bond donors (Lipinski definition) is 2. The molecule has 0 atom stereocenters. The van der Waals surface area contributed by atoms with Crippen molar-refractivity contribution in [2.45, 2.75) is 18.7 Å². The first-order valence-corrected chi connectivity index (χ1v) is 11.7. The van der Waals surface area contributed by atoms with Crippen molar-refractivity contribution in [2.24, 2.45) is 5.10 Å². The maximum atomic E-state index is 13.1. The normalized spacial score (nSPS) is 11.9. The van der Waals surface area contributed by atoms with Gasteiger partial charge in [0.05, 0.1) is 11.9 Å². The molecule has 14 heteroatoms. The number of nitrogens with one attached hydrogen (secondary N) is 2. The Balaban J connectivity index is 1.29. The van der Waals surface area contributed by atoms with Gasteiger partial charge < -0.3 is 10.1 Å². The Labute approximate surface area is 224 Å². The van der Waals surface area contributed by atoms with Crippen molar-refractivity contribution in [1.82, 2.24) is 30.5 Å². The van der Waals surface area contributed by atoms with Crippen LogP contribution in [0.25, 0.3) is 17.1 Å². The number of halogens is 5. The standard InChI is InChI=1S/C25H20F5N7OS/c26-24(27,28)25(29,30)38-21-10-8-20(9-11-21)37-16-33-22(36-37)18-6-4-17(5-7-18)15-34-35-23(39)32-14-12-19-3-1-2-13-31-19/h1-11,13,15-16H,12,14H2,(H2,32,35,39)/b34-15+. The molecular formula is C25H20F5N7OS. The van der Waals surface area contributed by atoms with E-state index in [0.717, 1.165) is 29.8 Å². The Kier molecular flexibility index (Phi) is 8.44. The van der Waals surface area contributed by atoms with E-state index in [0.29, 0.717) is 28.7 Å². The lowest BCUT2D eigenvalue weighted by molar-refractivity contribution is -0.360. The van der Waals surface area contributed by atoms with Gasteiger partial charge in [0, 0.05) is 30.4 Å². The molecule has 0 bridgehead atoms. The molecule has 4 aromatic rings. The molecule has 2 aromatic heterocycles. The fourth-order valence-electron chi connectivity index (χ4n) is 3.17. The van der Waals surface area contributed by atoms with Gasteiger partial charge in [0.1, 0.15) is 12.1 Å². The van der Waals surface area contributed by atoms with Gasteiger partial charge >= 0.3 is 12.3 Å². The molecule has 0 radical (unpaired) electrons. The van der Waals surface area contributed by atoms with Crippen LogP contribution in [-0.4, -0.2) is 49.9 Å². The summed E-state index contributed by atoms with van der Waals surface area (Å²) in [7, 11) is 0. The molecule has 2 N–H and O–H groups in total. The van der Waals surface area contributed by atoms with Gasteiger partial charge in [0.15, 0.2) is 10.9 Å². The maximum absolute atomic E-state index is 13.1. The highest BCUT2D eigenvalue weighted by atomic mass is 32.1. The molecule has 0 saturated carbocycles. The minimum absolute atomic E-state index is 0.374. The van der Waals surface area contributed by atoms with Crippen LogP contribution in [0.15, 0.2) is 84.4 Å². The van der Waals surface area contributed by atoms with Crippen LogP contribution >= 0.6 is 12.2 Å². The van der Waals surface area contributed by atoms with Crippen molar-refractivity contribution >= 4 is 23.5 Å². The van der Waals surface area contributed by atoms with Crippen molar-refractivity contribution in [3.63, 3.8) is 0 Å². The van der Waals surface area contributed by atoms with Crippen LogP contribution in [-0.2, 0) is 6.42 Å². The Hall–Kier alpha value is -4.46. The SMILES string of the molecule is FC(F)(F)C(F)(F)Oc1ccc(-n2cnc(-c3ccc(/C=N/NC(=S)NCCc4ccccn4)cc3)n2)cc1. The second-order valence-corrected chi connectivity index (χ2v) is 8.35. The third-order valence-corrected chi connectivity index (χ3v) is 5.35. The van der Waals surface area contributed by atoms with Gasteiger partial charge in [-0.1, -0.05) is 30.3 Å². The number of pyridine rings is 1. The number of alkyl halides is 5. The van der Waals surface area contributed by atoms with Crippen molar-refractivity contribution < 1.29 is 26.7 Å². The third-order valence-electron chi connectivity index (χ3n) is 5.11. The first-order valence-electron chi connectivity index (χ1n) is 11.3. The van der Waals surface area contributed by atoms with Crippen molar-refractivity contribution in [1.29, 1.82) is 0 Å². The smallest absolute Gasteiger partial charge is 0.426 e. The van der Waals surface area contributed by atoms with Crippen LogP contribution in [0.1, 0.15) is 11.3 Å². The molecule has 2 aromatic carbocycles. The number of benzene rings is 2. The van der Waals surface area contributed by atoms with E-state index < -0.39 is 18.0 Å². The topological polar surface area (TPSA) is 89.2 Å². The minimum atomic E-state index is -5.82. The summed E-state index contributed by atoms with van der Waals surface area (Å²) in [4.78, 5) is 8.46. The highest BCUT2D eigenvalue weighted by Gasteiger charge is 2.61. The number of hydrazone groups is 1. The summed E-state index contributed by atoms with van der Waals surface area (Å²) in [5.41, 5.74) is 5.56. The molecule has 0 aliphatic heterocycles. The zero-order chi connectivity index (χ0) is 27.9. The van der Waals surface area contributed by atoms with Crippen LogP contribution in [0, 0.1) is 0 Å². The van der Waals surface area contributed by atoms with E-state index in [1.54, 1.807) is 36.7 Å². The molecular weight excluding hydrogens is 541 g/mol. The molecule has 8 nitrogen and oxygen atoms in total. The summed E-state index contributed by atoms with van der Waals surface area (Å²) in [5.74, 6) is -0.270. The molecule has 4 rings (SSSR count). The van der Waals surface area contributed by atoms with Gasteiger partial charge in [-0.3, -0.25) is 10.4 Å². The second kappa shape index (κ2) is 11.9. The van der Waals surface area contributed by atoms with Gasteiger partial charge in [-0.25, -0.2) is 9.67 Å². The average molecular weight is 562 g/mol. The van der Waals surface area contributed by atoms with Crippen molar-refractivity contribution in [3.05, 3.63) is 90.5 Å². The van der Waals surface area contributed by atoms with Gasteiger partial charge in [-0.2, -0.15) is 27.1 Å². The number of nitrogens with zero attached hydrogens (tertiary/aromatic N) is 5. The van der Waals surface area contributed by atoms with Gasteiger partial charge in [-0.05, 0) is 54.2 Å². The van der Waals surface area contributed by atoms with E-state index in [1.807, 2.05) is 18.2 Å². The molecule has 0 saturated heterocycles. The fraction of sp³-hybridized carbons (Fsp3) is 0.160. The van der Waals surface area contributed by atoms with Gasteiger partial charge in [0.25, 0.3) is 0 Å². The fourth-order valence-corrected chi connectivity index (χ4v) is 3.32. The monoisotopic (exact) mass is 561 g/mol. The van der Waals surface area contributed by atoms with Crippen LogP contribution < -0.4 is 15.5 Å². The van der Waals surface area contributed by atoms with Crippen molar-refractivity contribution in [2.75, 3.05) is 6.54 Å². The Morgan fingerprint density at radius 3 is 2.38 bits per heavy atom. The zero-order valence-corrected chi connectivity index (χ0v) is 20.8. The second-order valence-electron chi connectivity index (χ2n) is 7.94. The Bertz CT molecular complexity index is 1410. The summed E-state index contributed by atoms with van der Waals surface area (Å²) in [5, 5.41) is 11.8. The van der Waals surface area contributed by atoms with E-state index >= 15 is 0 Å². The predicted octanol–water partition coefficient (Wildman–Crippen LogP) is 4.90. The summed E-state index contributed by atoms with van der Waals surface area (Å²) in [6.45, 7) is 0.610. The Morgan fingerprint density at radius 1 is 0.974 bits per heavy atom. The van der Waals surface area contributed by atoms with Crippen LogP contribution in [0.5, 0.6) is 5.75 Å². The first kappa shape index (κ1) is 27.6. The van der Waals surface area contributed by atoms with Gasteiger partial charge in [0.2, 0.25) is 0 Å². The molecule has 2 heterocycles. The van der Waals surface area contributed by atoms with Crippen molar-refractivity contribution in [3.8, 4) is 22.8 Å². The largest absolute Gasteiger partial charge is 0.499 e. The summed E-state index contributed by atoms with van der Waals surface area (Å²) in [6.07, 6.45) is -5.69. The molecule has 0 aliphatic carbocycles. The lowest BCUT2D eigenvalue weighted by atomic mass is 10.1. The predicted molar refractivity (Wildman–Crippen MR) is 138 cm³/mol. The van der Waals surface area contributed by atoms with E-state index in [4.69, 9.17) is 12.2 Å². The van der Waals surface area contributed by atoms with E-state index in [2.05, 4.69) is 35.6 Å². The molecule has 0 spiro atoms. The maximum Gasteiger partial charge on any atom is 0.499 e. The third kappa shape index (κ3) is 7.54. The van der Waals surface area contributed by atoms with E-state index in [1.165, 1.54) is 23.1 Å². The molecule has 0 unspecified atom stereocenters. The quantitative estimate of drug-likeness (QED) is 0.130. The highest BCUT2D eigenvalue weighted by molar-refractivity contribution is 7.80. The molecule has 0 aliphatic rings. The van der Waals surface area contributed by atoms with Gasteiger partial charge in [-0.15, -0.1) is 5.10 Å². The summed E-state index contributed by atoms with van der Waals surface area (Å²) >= 11 is 5.20. The lowest BCUT2D eigenvalue weighted by Crippen LogP contribution is -2.41. The Morgan fingerprint density at radius 2 is 1.72 bits per heavy atom. The number of hydrogen-bond acceptors (Lipinski definition) is 6. The van der Waals surface area contributed by atoms with Crippen LogP contribution in [0.3, 0.4) is 0 Å².